The Hall–Kier alpha value is -1.61. The molecule has 2 amide bonds. The second-order valence-electron chi connectivity index (χ2n) is 8.62. The molecule has 1 spiro atoms. The Morgan fingerprint density at radius 3 is 2.21 bits per heavy atom. The molecule has 0 aromatic heterocycles. The van der Waals surface area contributed by atoms with Crippen LogP contribution in [0, 0.1) is 0 Å². The minimum absolute atomic E-state index is 0.00742. The van der Waals surface area contributed by atoms with Crippen molar-refractivity contribution in [2.24, 2.45) is 0 Å². The topological polar surface area (TPSA) is 52.7 Å². The summed E-state index contributed by atoms with van der Waals surface area (Å²) in [7, 11) is -0.980. The van der Waals surface area contributed by atoms with Crippen LogP contribution in [0.3, 0.4) is 0 Å². The van der Waals surface area contributed by atoms with E-state index >= 15 is 0 Å². The van der Waals surface area contributed by atoms with Crippen molar-refractivity contribution in [3.8, 4) is 0 Å². The van der Waals surface area contributed by atoms with Crippen molar-refractivity contribution in [2.75, 3.05) is 31.9 Å². The summed E-state index contributed by atoms with van der Waals surface area (Å²) in [5.41, 5.74) is -0.474. The first-order chi connectivity index (χ1) is 13.2. The molecule has 9 heteroatoms. The number of halogens is 3. The van der Waals surface area contributed by atoms with E-state index in [0.29, 0.717) is 37.5 Å². The highest BCUT2D eigenvalue weighted by Crippen LogP contribution is 2.58. The van der Waals surface area contributed by atoms with E-state index in [9.17, 15) is 22.2 Å². The van der Waals surface area contributed by atoms with Gasteiger partial charge in [-0.05, 0) is 30.4 Å². The van der Waals surface area contributed by atoms with Crippen LogP contribution < -0.4 is 4.72 Å². The molecule has 3 heterocycles. The van der Waals surface area contributed by atoms with Crippen molar-refractivity contribution in [1.29, 1.82) is 0 Å². The first-order valence-corrected chi connectivity index (χ1v) is 10.9. The zero-order valence-electron chi connectivity index (χ0n) is 15.3. The van der Waals surface area contributed by atoms with Gasteiger partial charge >= 0.3 is 12.2 Å². The largest absolute Gasteiger partial charge is 0.398 e. The molecule has 1 aromatic carbocycles. The Morgan fingerprint density at radius 2 is 1.71 bits per heavy atom. The average Bonchev–Trinajstić information content (AvgIpc) is 3.30. The molecule has 0 radical (unpaired) electrons. The van der Waals surface area contributed by atoms with E-state index in [-0.39, 0.29) is 30.3 Å². The second kappa shape index (κ2) is 5.95. The molecule has 5 rings (SSSR count). The van der Waals surface area contributed by atoms with Crippen molar-refractivity contribution in [1.82, 2.24) is 14.5 Å². The summed E-state index contributed by atoms with van der Waals surface area (Å²) < 4.78 is 54.3. The van der Waals surface area contributed by atoms with Gasteiger partial charge in [0.1, 0.15) is 0 Å². The third-order valence-corrected chi connectivity index (χ3v) is 7.97. The second-order valence-corrected chi connectivity index (χ2v) is 9.93. The van der Waals surface area contributed by atoms with Crippen LogP contribution in [-0.4, -0.2) is 63.7 Å². The molecule has 0 bridgehead atoms. The molecule has 5 nitrogen and oxygen atoms in total. The van der Waals surface area contributed by atoms with Gasteiger partial charge in [-0.3, -0.25) is 0 Å². The number of carbonyl (C=O) groups excluding carboxylic acids is 1. The number of hydrogen-bond acceptors (Lipinski definition) is 2. The molecule has 28 heavy (non-hydrogen) atoms. The van der Waals surface area contributed by atoms with Crippen LogP contribution in [0.5, 0.6) is 0 Å². The Labute approximate surface area is 163 Å². The van der Waals surface area contributed by atoms with E-state index < -0.39 is 22.6 Å². The third kappa shape index (κ3) is 2.77. The zero-order chi connectivity index (χ0) is 19.7. The summed E-state index contributed by atoms with van der Waals surface area (Å²) in [5, 5.41) is 0. The predicted molar refractivity (Wildman–Crippen MR) is 98.2 cm³/mol. The van der Waals surface area contributed by atoms with Gasteiger partial charge in [0.05, 0.1) is 21.9 Å². The summed E-state index contributed by atoms with van der Waals surface area (Å²) in [6.07, 6.45) is -3.02. The highest BCUT2D eigenvalue weighted by Gasteiger charge is 2.64. The first-order valence-electron chi connectivity index (χ1n) is 9.59. The molecule has 4 fully saturated rings. The number of benzene rings is 1. The van der Waals surface area contributed by atoms with E-state index in [2.05, 4.69) is 4.72 Å². The number of alkyl halides is 3. The summed E-state index contributed by atoms with van der Waals surface area (Å²) in [5.74, 6) is 0.811. The molecule has 1 unspecified atom stereocenters. The highest BCUT2D eigenvalue weighted by atomic mass is 32.2. The number of likely N-dealkylation sites (tertiary alicyclic amines) is 2. The maximum Gasteiger partial charge on any atom is 0.398 e. The molecule has 1 atom stereocenters. The third-order valence-electron chi connectivity index (χ3n) is 6.73. The molecular weight excluding hydrogens is 391 g/mol. The lowest BCUT2D eigenvalue weighted by Crippen LogP contribution is -2.70. The van der Waals surface area contributed by atoms with E-state index in [4.69, 9.17) is 0 Å². The molecule has 1 aliphatic carbocycles. The van der Waals surface area contributed by atoms with Crippen LogP contribution in [0.15, 0.2) is 24.3 Å². The number of nitrogens with one attached hydrogen (secondary N) is 1. The Morgan fingerprint density at radius 1 is 1.07 bits per heavy atom. The van der Waals surface area contributed by atoms with E-state index in [1.165, 1.54) is 0 Å². The number of urea groups is 1. The van der Waals surface area contributed by atoms with Gasteiger partial charge in [-0.1, -0.05) is 24.3 Å². The van der Waals surface area contributed by atoms with Crippen molar-refractivity contribution in [3.05, 3.63) is 35.4 Å². The normalized spacial score (nSPS) is 28.2. The van der Waals surface area contributed by atoms with Crippen molar-refractivity contribution >= 4 is 17.0 Å². The van der Waals surface area contributed by atoms with Gasteiger partial charge in [-0.25, -0.2) is 13.7 Å². The van der Waals surface area contributed by atoms with Crippen LogP contribution in [0.25, 0.3) is 0 Å². The molecule has 4 aliphatic rings. The van der Waals surface area contributed by atoms with Gasteiger partial charge in [-0.2, -0.15) is 13.2 Å². The number of hydrogen-bond donors (Lipinski definition) is 1. The van der Waals surface area contributed by atoms with E-state index in [1.807, 2.05) is 0 Å². The van der Waals surface area contributed by atoms with Gasteiger partial charge < -0.3 is 9.80 Å². The number of rotatable bonds is 2. The Balaban J connectivity index is 1.16. The SMILES string of the molecule is O=C(N1CC(c2ccc(C3(C(F)(F)F)CC3)cc2)C1)N1CC2(CCS(=O)N2)C1. The van der Waals surface area contributed by atoms with Gasteiger partial charge in [0.15, 0.2) is 0 Å². The smallest absolute Gasteiger partial charge is 0.323 e. The van der Waals surface area contributed by atoms with Crippen molar-refractivity contribution in [2.45, 2.75) is 42.3 Å². The van der Waals surface area contributed by atoms with Crippen LogP contribution in [-0.2, 0) is 16.4 Å². The maximum atomic E-state index is 13.2. The van der Waals surface area contributed by atoms with Crippen LogP contribution in [0.4, 0.5) is 18.0 Å². The summed E-state index contributed by atoms with van der Waals surface area (Å²) in [6.45, 7) is 2.36. The molecule has 1 saturated carbocycles. The maximum absolute atomic E-state index is 13.2. The standard InChI is InChI=1S/C19H22F3N3O2S/c20-19(21,22)18(5-6-18)15-3-1-13(2-4-15)14-9-24(10-14)16(26)25-11-17(12-25)7-8-28(27)23-17/h1-4,14,23H,5-12H2. The summed E-state index contributed by atoms with van der Waals surface area (Å²) in [6, 6.07) is 6.76. The lowest BCUT2D eigenvalue weighted by atomic mass is 9.87. The van der Waals surface area contributed by atoms with Gasteiger partial charge in [0, 0.05) is 37.8 Å². The van der Waals surface area contributed by atoms with Crippen molar-refractivity contribution < 1.29 is 22.2 Å². The zero-order valence-corrected chi connectivity index (χ0v) is 16.1. The highest BCUT2D eigenvalue weighted by molar-refractivity contribution is 7.83. The fraction of sp³-hybridized carbons (Fsp3) is 0.632. The first kappa shape index (κ1) is 18.4. The lowest BCUT2D eigenvalue weighted by Gasteiger charge is -2.51. The fourth-order valence-corrected chi connectivity index (χ4v) is 6.05. The molecular formula is C19H22F3N3O2S. The van der Waals surface area contributed by atoms with Crippen molar-refractivity contribution in [3.63, 3.8) is 0 Å². The minimum atomic E-state index is -4.19. The predicted octanol–water partition coefficient (Wildman–Crippen LogP) is 2.51. The van der Waals surface area contributed by atoms with Crippen LogP contribution in [0.2, 0.25) is 0 Å². The van der Waals surface area contributed by atoms with Crippen LogP contribution >= 0.6 is 0 Å². The summed E-state index contributed by atoms with van der Waals surface area (Å²) in [4.78, 5) is 16.1. The van der Waals surface area contributed by atoms with Gasteiger partial charge in [-0.15, -0.1) is 0 Å². The molecule has 3 saturated heterocycles. The summed E-state index contributed by atoms with van der Waals surface area (Å²) >= 11 is 0. The monoisotopic (exact) mass is 413 g/mol. The van der Waals surface area contributed by atoms with E-state index in [0.717, 1.165) is 12.0 Å². The quantitative estimate of drug-likeness (QED) is 0.810. The molecule has 3 aliphatic heterocycles. The Bertz CT molecular complexity index is 826. The van der Waals surface area contributed by atoms with Gasteiger partial charge in [0.25, 0.3) is 0 Å². The average molecular weight is 413 g/mol. The molecule has 1 N–H and O–H groups in total. The number of carbonyl (C=O) groups is 1. The number of nitrogens with zero attached hydrogens (tertiary/aromatic N) is 2. The van der Waals surface area contributed by atoms with Crippen LogP contribution in [0.1, 0.15) is 36.3 Å². The number of amides is 2. The van der Waals surface area contributed by atoms with Gasteiger partial charge in [0.2, 0.25) is 0 Å². The lowest BCUT2D eigenvalue weighted by molar-refractivity contribution is -0.160. The molecule has 152 valence electrons. The minimum Gasteiger partial charge on any atom is -0.323 e. The fourth-order valence-electron chi connectivity index (χ4n) is 4.65. The Kier molecular flexibility index (Phi) is 3.91. The molecule has 1 aromatic rings. The van der Waals surface area contributed by atoms with E-state index in [1.54, 1.807) is 34.1 Å².